The molecule has 0 spiro atoms. The average Bonchev–Trinajstić information content (AvgIpc) is 3.26. The zero-order valence-electron chi connectivity index (χ0n) is 15.6. The van der Waals surface area contributed by atoms with E-state index in [1.54, 1.807) is 5.06 Å². The first-order valence-corrected chi connectivity index (χ1v) is 10.2. The van der Waals surface area contributed by atoms with Crippen LogP contribution in [-0.4, -0.2) is 17.9 Å². The molecular formula is C23H16BrFN2O3. The van der Waals surface area contributed by atoms with Crippen LogP contribution in [0.4, 0.5) is 15.8 Å². The zero-order valence-corrected chi connectivity index (χ0v) is 17.2. The minimum atomic E-state index is -0.952. The van der Waals surface area contributed by atoms with Gasteiger partial charge in [0.05, 0.1) is 17.4 Å². The summed E-state index contributed by atoms with van der Waals surface area (Å²) in [7, 11) is 0. The lowest BCUT2D eigenvalue weighted by Gasteiger charge is -2.28. The topological polar surface area (TPSA) is 49.9 Å². The van der Waals surface area contributed by atoms with Crippen molar-refractivity contribution in [2.45, 2.75) is 12.1 Å². The van der Waals surface area contributed by atoms with Gasteiger partial charge >= 0.3 is 0 Å². The average molecular weight is 467 g/mol. The lowest BCUT2D eigenvalue weighted by Crippen LogP contribution is -2.37. The normalized spacial score (nSPS) is 23.2. The van der Waals surface area contributed by atoms with Gasteiger partial charge in [0.2, 0.25) is 5.91 Å². The predicted octanol–water partition coefficient (Wildman–Crippen LogP) is 4.64. The highest BCUT2D eigenvalue weighted by atomic mass is 79.9. The summed E-state index contributed by atoms with van der Waals surface area (Å²) in [4.78, 5) is 33.7. The van der Waals surface area contributed by atoms with Crippen molar-refractivity contribution < 1.29 is 18.8 Å². The van der Waals surface area contributed by atoms with E-state index in [0.29, 0.717) is 5.69 Å². The molecule has 0 saturated carbocycles. The SMILES string of the molecule is O=C1C2ON(c3ccccc3)C(c3cccc(Br)c3)C2C(=O)N1c1ccc(F)cc1. The molecule has 7 heteroatoms. The van der Waals surface area contributed by atoms with Crippen molar-refractivity contribution in [3.8, 4) is 0 Å². The van der Waals surface area contributed by atoms with E-state index in [0.717, 1.165) is 20.6 Å². The van der Waals surface area contributed by atoms with Crippen LogP contribution < -0.4 is 9.96 Å². The Labute approximate surface area is 180 Å². The number of hydroxylamine groups is 1. The van der Waals surface area contributed by atoms with E-state index >= 15 is 0 Å². The molecule has 0 radical (unpaired) electrons. The maximum absolute atomic E-state index is 13.4. The maximum atomic E-state index is 13.4. The Morgan fingerprint density at radius 1 is 0.833 bits per heavy atom. The molecule has 2 aliphatic rings. The van der Waals surface area contributed by atoms with Crippen molar-refractivity contribution in [1.29, 1.82) is 0 Å². The molecule has 2 amide bonds. The van der Waals surface area contributed by atoms with E-state index < -0.39 is 29.8 Å². The molecule has 5 rings (SSSR count). The molecule has 3 unspecified atom stereocenters. The highest BCUT2D eigenvalue weighted by Gasteiger charge is 2.60. The summed E-state index contributed by atoms with van der Waals surface area (Å²) in [6, 6.07) is 21.8. The molecular weight excluding hydrogens is 451 g/mol. The van der Waals surface area contributed by atoms with Crippen LogP contribution in [0.1, 0.15) is 11.6 Å². The molecule has 2 aliphatic heterocycles. The first-order chi connectivity index (χ1) is 14.5. The van der Waals surface area contributed by atoms with Gasteiger partial charge in [-0.3, -0.25) is 14.4 Å². The number of nitrogens with zero attached hydrogens (tertiary/aromatic N) is 2. The van der Waals surface area contributed by atoms with Crippen LogP contribution in [-0.2, 0) is 14.4 Å². The van der Waals surface area contributed by atoms with Gasteiger partial charge in [0.1, 0.15) is 11.7 Å². The standard InChI is InChI=1S/C23H16BrFN2O3/c24-15-6-4-5-14(13-15)20-19-21(30-27(20)18-7-2-1-3-8-18)23(29)26(22(19)28)17-11-9-16(25)10-12-17/h1-13,19-21H. The molecule has 3 aromatic carbocycles. The second-order valence-corrected chi connectivity index (χ2v) is 8.12. The number of halogens is 2. The maximum Gasteiger partial charge on any atom is 0.266 e. The predicted molar refractivity (Wildman–Crippen MR) is 113 cm³/mol. The molecule has 2 heterocycles. The van der Waals surface area contributed by atoms with Crippen molar-refractivity contribution in [2.75, 3.05) is 9.96 Å². The number of amides is 2. The van der Waals surface area contributed by atoms with Crippen LogP contribution in [0.2, 0.25) is 0 Å². The Hall–Kier alpha value is -3.03. The third kappa shape index (κ3) is 3.02. The molecule has 0 aliphatic carbocycles. The van der Waals surface area contributed by atoms with Gasteiger partial charge in [0.25, 0.3) is 5.91 Å². The zero-order chi connectivity index (χ0) is 20.8. The van der Waals surface area contributed by atoms with Crippen LogP contribution in [0.15, 0.2) is 83.3 Å². The lowest BCUT2D eigenvalue weighted by atomic mass is 9.90. The van der Waals surface area contributed by atoms with Crippen molar-refractivity contribution in [3.05, 3.63) is 94.7 Å². The Balaban J connectivity index is 1.59. The van der Waals surface area contributed by atoms with Gasteiger partial charge in [0.15, 0.2) is 6.10 Å². The lowest BCUT2D eigenvalue weighted by molar-refractivity contribution is -0.126. The Kier molecular flexibility index (Phi) is 4.64. The quantitative estimate of drug-likeness (QED) is 0.527. The van der Waals surface area contributed by atoms with Crippen LogP contribution in [0.5, 0.6) is 0 Å². The smallest absolute Gasteiger partial charge is 0.266 e. The van der Waals surface area contributed by atoms with E-state index in [1.165, 1.54) is 24.3 Å². The number of carbonyl (C=O) groups excluding carboxylic acids is 2. The van der Waals surface area contributed by atoms with Gasteiger partial charge in [-0.15, -0.1) is 0 Å². The molecule has 0 N–H and O–H groups in total. The van der Waals surface area contributed by atoms with Crippen molar-refractivity contribution in [1.82, 2.24) is 0 Å². The van der Waals surface area contributed by atoms with Crippen LogP contribution >= 0.6 is 15.9 Å². The van der Waals surface area contributed by atoms with E-state index in [9.17, 15) is 14.0 Å². The minimum absolute atomic E-state index is 0.337. The number of hydrogen-bond donors (Lipinski definition) is 0. The van der Waals surface area contributed by atoms with Gasteiger partial charge in [0, 0.05) is 4.47 Å². The summed E-state index contributed by atoms with van der Waals surface area (Å²) in [6.45, 7) is 0. The third-order valence-electron chi connectivity index (χ3n) is 5.40. The molecule has 0 bridgehead atoms. The number of imide groups is 1. The first-order valence-electron chi connectivity index (χ1n) is 9.44. The van der Waals surface area contributed by atoms with Gasteiger partial charge in [-0.1, -0.05) is 46.3 Å². The van der Waals surface area contributed by atoms with E-state index in [2.05, 4.69) is 15.9 Å². The van der Waals surface area contributed by atoms with Crippen molar-refractivity contribution in [3.63, 3.8) is 0 Å². The monoisotopic (exact) mass is 466 g/mol. The number of rotatable bonds is 3. The van der Waals surface area contributed by atoms with E-state index in [1.807, 2.05) is 54.6 Å². The fourth-order valence-electron chi connectivity index (χ4n) is 4.09. The summed E-state index contributed by atoms with van der Waals surface area (Å²) in [5, 5.41) is 1.65. The van der Waals surface area contributed by atoms with Gasteiger partial charge < -0.3 is 0 Å². The number of para-hydroxylation sites is 1. The Bertz CT molecular complexity index is 1120. The minimum Gasteiger partial charge on any atom is -0.273 e. The number of anilines is 2. The number of benzene rings is 3. The van der Waals surface area contributed by atoms with E-state index in [4.69, 9.17) is 4.84 Å². The Morgan fingerprint density at radius 3 is 2.27 bits per heavy atom. The molecule has 3 atom stereocenters. The Morgan fingerprint density at radius 2 is 1.57 bits per heavy atom. The number of hydrogen-bond acceptors (Lipinski definition) is 4. The van der Waals surface area contributed by atoms with Gasteiger partial charge in [-0.05, 0) is 54.1 Å². The molecule has 5 nitrogen and oxygen atoms in total. The van der Waals surface area contributed by atoms with Gasteiger partial charge in [-0.2, -0.15) is 0 Å². The first kappa shape index (κ1) is 19.0. The fraction of sp³-hybridized carbons (Fsp3) is 0.130. The summed E-state index contributed by atoms with van der Waals surface area (Å²) in [5.74, 6) is -1.97. The van der Waals surface area contributed by atoms with Crippen molar-refractivity contribution in [2.24, 2.45) is 5.92 Å². The third-order valence-corrected chi connectivity index (χ3v) is 5.89. The largest absolute Gasteiger partial charge is 0.273 e. The van der Waals surface area contributed by atoms with Crippen molar-refractivity contribution >= 4 is 39.1 Å². The molecule has 150 valence electrons. The number of fused-ring (bicyclic) bond motifs is 1. The van der Waals surface area contributed by atoms with Gasteiger partial charge in [-0.25, -0.2) is 14.4 Å². The molecule has 3 aromatic rings. The highest BCUT2D eigenvalue weighted by molar-refractivity contribution is 9.10. The van der Waals surface area contributed by atoms with Crippen LogP contribution in [0.25, 0.3) is 0 Å². The van der Waals surface area contributed by atoms with Crippen LogP contribution in [0.3, 0.4) is 0 Å². The second-order valence-electron chi connectivity index (χ2n) is 7.20. The molecule has 0 aromatic heterocycles. The van der Waals surface area contributed by atoms with E-state index in [-0.39, 0.29) is 5.91 Å². The summed E-state index contributed by atoms with van der Waals surface area (Å²) in [5.41, 5.74) is 1.94. The fourth-order valence-corrected chi connectivity index (χ4v) is 4.50. The summed E-state index contributed by atoms with van der Waals surface area (Å²) >= 11 is 3.48. The molecule has 30 heavy (non-hydrogen) atoms. The highest BCUT2D eigenvalue weighted by Crippen LogP contribution is 2.47. The molecule has 2 saturated heterocycles. The van der Waals surface area contributed by atoms with Crippen LogP contribution in [0, 0.1) is 11.7 Å². The number of carbonyl (C=O) groups is 2. The second kappa shape index (κ2) is 7.34. The molecule has 2 fully saturated rings. The summed E-state index contributed by atoms with van der Waals surface area (Å²) in [6.07, 6.45) is -0.952. The summed E-state index contributed by atoms with van der Waals surface area (Å²) < 4.78 is 14.2.